The third-order valence-corrected chi connectivity index (χ3v) is 5.12. The molecule has 0 aromatic rings. The van der Waals surface area contributed by atoms with Crippen molar-refractivity contribution in [2.24, 2.45) is 5.41 Å². The molecule has 1 unspecified atom stereocenters. The molecule has 1 atom stereocenters. The van der Waals surface area contributed by atoms with Crippen LogP contribution in [0.3, 0.4) is 0 Å². The van der Waals surface area contributed by atoms with Crippen LogP contribution in [0.1, 0.15) is 51.9 Å². The monoisotopic (exact) mass is 268 g/mol. The van der Waals surface area contributed by atoms with Gasteiger partial charge >= 0.3 is 0 Å². The molecule has 2 fully saturated rings. The molecular formula is C16H32N2O. The third-order valence-electron chi connectivity index (χ3n) is 5.12. The molecule has 19 heavy (non-hydrogen) atoms. The summed E-state index contributed by atoms with van der Waals surface area (Å²) in [6.07, 6.45) is 9.48. The summed E-state index contributed by atoms with van der Waals surface area (Å²) in [5, 5.41) is 3.50. The fourth-order valence-corrected chi connectivity index (χ4v) is 3.95. The van der Waals surface area contributed by atoms with E-state index in [2.05, 4.69) is 17.1 Å². The Labute approximate surface area is 119 Å². The fraction of sp³-hybridized carbons (Fsp3) is 1.00. The average Bonchev–Trinajstić information content (AvgIpc) is 2.65. The molecule has 0 amide bonds. The van der Waals surface area contributed by atoms with Crippen molar-refractivity contribution < 1.29 is 4.74 Å². The van der Waals surface area contributed by atoms with Crippen molar-refractivity contribution in [2.75, 3.05) is 39.9 Å². The highest BCUT2D eigenvalue weighted by atomic mass is 16.5. The van der Waals surface area contributed by atoms with Crippen LogP contribution in [-0.4, -0.2) is 50.8 Å². The van der Waals surface area contributed by atoms with Gasteiger partial charge < -0.3 is 10.1 Å². The van der Waals surface area contributed by atoms with Crippen LogP contribution in [0.4, 0.5) is 0 Å². The molecule has 112 valence electrons. The second-order valence-corrected chi connectivity index (χ2v) is 6.56. The van der Waals surface area contributed by atoms with E-state index in [1.807, 2.05) is 7.11 Å². The van der Waals surface area contributed by atoms with Gasteiger partial charge in [-0.3, -0.25) is 4.90 Å². The summed E-state index contributed by atoms with van der Waals surface area (Å²) in [4.78, 5) is 2.79. The lowest BCUT2D eigenvalue weighted by Gasteiger charge is -2.43. The first-order valence-corrected chi connectivity index (χ1v) is 8.23. The van der Waals surface area contributed by atoms with Crippen LogP contribution in [0.5, 0.6) is 0 Å². The van der Waals surface area contributed by atoms with Crippen LogP contribution in [-0.2, 0) is 4.74 Å². The number of ether oxygens (including phenoxy) is 1. The molecule has 0 aromatic heterocycles. The van der Waals surface area contributed by atoms with Gasteiger partial charge in [-0.1, -0.05) is 19.8 Å². The van der Waals surface area contributed by atoms with Gasteiger partial charge in [0.2, 0.25) is 0 Å². The van der Waals surface area contributed by atoms with E-state index in [1.54, 1.807) is 0 Å². The minimum atomic E-state index is 0.401. The van der Waals surface area contributed by atoms with E-state index in [1.165, 1.54) is 58.0 Å². The summed E-state index contributed by atoms with van der Waals surface area (Å²) in [6.45, 7) is 8.16. The first-order valence-electron chi connectivity index (χ1n) is 8.23. The second-order valence-electron chi connectivity index (χ2n) is 6.56. The summed E-state index contributed by atoms with van der Waals surface area (Å²) in [5.41, 5.74) is 0.401. The van der Waals surface area contributed by atoms with Gasteiger partial charge in [-0.2, -0.15) is 0 Å². The Morgan fingerprint density at radius 3 is 2.68 bits per heavy atom. The maximum absolute atomic E-state index is 5.57. The highest BCUT2D eigenvalue weighted by Crippen LogP contribution is 2.32. The van der Waals surface area contributed by atoms with Crippen molar-refractivity contribution >= 4 is 0 Å². The molecule has 2 aliphatic heterocycles. The molecule has 2 heterocycles. The van der Waals surface area contributed by atoms with E-state index >= 15 is 0 Å². The number of piperidine rings is 1. The van der Waals surface area contributed by atoms with Gasteiger partial charge in [-0.05, 0) is 51.7 Å². The van der Waals surface area contributed by atoms with Crippen molar-refractivity contribution in [1.82, 2.24) is 10.2 Å². The van der Waals surface area contributed by atoms with Crippen LogP contribution < -0.4 is 5.32 Å². The Hall–Kier alpha value is -0.120. The normalized spacial score (nSPS) is 29.1. The SMILES string of the molecule is CCC1CCCCCN1CC1(COC)CCNCC1. The predicted molar refractivity (Wildman–Crippen MR) is 80.5 cm³/mol. The maximum Gasteiger partial charge on any atom is 0.0531 e. The number of nitrogens with one attached hydrogen (secondary N) is 1. The molecule has 1 N–H and O–H groups in total. The molecule has 0 spiro atoms. The van der Waals surface area contributed by atoms with Gasteiger partial charge in [0.25, 0.3) is 0 Å². The Morgan fingerprint density at radius 1 is 1.21 bits per heavy atom. The molecule has 0 radical (unpaired) electrons. The molecule has 0 saturated carbocycles. The fourth-order valence-electron chi connectivity index (χ4n) is 3.95. The molecule has 3 heteroatoms. The van der Waals surface area contributed by atoms with E-state index in [9.17, 15) is 0 Å². The quantitative estimate of drug-likeness (QED) is 0.829. The van der Waals surface area contributed by atoms with Crippen LogP contribution >= 0.6 is 0 Å². The molecule has 2 saturated heterocycles. The zero-order valence-corrected chi connectivity index (χ0v) is 12.9. The first kappa shape index (κ1) is 15.3. The first-order chi connectivity index (χ1) is 9.29. The molecule has 0 aliphatic carbocycles. The number of nitrogens with zero attached hydrogens (tertiary/aromatic N) is 1. The third kappa shape index (κ3) is 4.17. The van der Waals surface area contributed by atoms with E-state index in [-0.39, 0.29) is 0 Å². The zero-order chi connectivity index (χ0) is 13.6. The number of likely N-dealkylation sites (tertiary alicyclic amines) is 1. The molecule has 2 aliphatic rings. The van der Waals surface area contributed by atoms with Crippen LogP contribution in [0.2, 0.25) is 0 Å². The van der Waals surface area contributed by atoms with Gasteiger partial charge in [0.1, 0.15) is 0 Å². The topological polar surface area (TPSA) is 24.5 Å². The van der Waals surface area contributed by atoms with Crippen molar-refractivity contribution in [2.45, 2.75) is 57.9 Å². The second kappa shape index (κ2) is 7.61. The highest BCUT2D eigenvalue weighted by Gasteiger charge is 2.35. The Balaban J connectivity index is 2.01. The minimum absolute atomic E-state index is 0.401. The summed E-state index contributed by atoms with van der Waals surface area (Å²) in [5.74, 6) is 0. The van der Waals surface area contributed by atoms with Crippen molar-refractivity contribution in [3.8, 4) is 0 Å². The summed E-state index contributed by atoms with van der Waals surface area (Å²) in [6, 6.07) is 0.811. The lowest BCUT2D eigenvalue weighted by atomic mass is 9.78. The Bertz CT molecular complexity index is 246. The smallest absolute Gasteiger partial charge is 0.0531 e. The van der Waals surface area contributed by atoms with E-state index in [0.29, 0.717) is 5.41 Å². The average molecular weight is 268 g/mol. The highest BCUT2D eigenvalue weighted by molar-refractivity contribution is 4.89. The molecule has 3 nitrogen and oxygen atoms in total. The largest absolute Gasteiger partial charge is 0.384 e. The number of rotatable bonds is 5. The molecule has 2 rings (SSSR count). The molecule has 0 aromatic carbocycles. The zero-order valence-electron chi connectivity index (χ0n) is 12.9. The minimum Gasteiger partial charge on any atom is -0.384 e. The van der Waals surface area contributed by atoms with Gasteiger partial charge in [-0.15, -0.1) is 0 Å². The van der Waals surface area contributed by atoms with Crippen molar-refractivity contribution in [3.05, 3.63) is 0 Å². The number of methoxy groups -OCH3 is 1. The number of hydrogen-bond donors (Lipinski definition) is 1. The lowest BCUT2D eigenvalue weighted by Crippen LogP contribution is -2.49. The summed E-state index contributed by atoms with van der Waals surface area (Å²) >= 11 is 0. The van der Waals surface area contributed by atoms with E-state index < -0.39 is 0 Å². The van der Waals surface area contributed by atoms with Crippen LogP contribution in [0, 0.1) is 5.41 Å². The standard InChI is InChI=1S/C16H32N2O/c1-3-15-7-5-4-6-12-18(15)13-16(14-19-2)8-10-17-11-9-16/h15,17H,3-14H2,1-2H3. The Kier molecular flexibility index (Phi) is 6.11. The summed E-state index contributed by atoms with van der Waals surface area (Å²) < 4.78 is 5.57. The molecular weight excluding hydrogens is 236 g/mol. The van der Waals surface area contributed by atoms with E-state index in [4.69, 9.17) is 4.74 Å². The predicted octanol–water partition coefficient (Wildman–Crippen LogP) is 2.66. The van der Waals surface area contributed by atoms with Gasteiger partial charge in [-0.25, -0.2) is 0 Å². The van der Waals surface area contributed by atoms with Gasteiger partial charge in [0, 0.05) is 25.1 Å². The van der Waals surface area contributed by atoms with Gasteiger partial charge in [0.05, 0.1) is 6.61 Å². The maximum atomic E-state index is 5.57. The van der Waals surface area contributed by atoms with E-state index in [0.717, 1.165) is 25.7 Å². The van der Waals surface area contributed by atoms with Crippen LogP contribution in [0.15, 0.2) is 0 Å². The van der Waals surface area contributed by atoms with Gasteiger partial charge in [0.15, 0.2) is 0 Å². The lowest BCUT2D eigenvalue weighted by molar-refractivity contribution is 0.0105. The Morgan fingerprint density at radius 2 is 2.00 bits per heavy atom. The van der Waals surface area contributed by atoms with Crippen molar-refractivity contribution in [1.29, 1.82) is 0 Å². The molecule has 0 bridgehead atoms. The summed E-state index contributed by atoms with van der Waals surface area (Å²) in [7, 11) is 1.86. The van der Waals surface area contributed by atoms with Crippen molar-refractivity contribution in [3.63, 3.8) is 0 Å². The van der Waals surface area contributed by atoms with Crippen LogP contribution in [0.25, 0.3) is 0 Å². The number of hydrogen-bond acceptors (Lipinski definition) is 3.